The van der Waals surface area contributed by atoms with E-state index in [-0.39, 0.29) is 11.7 Å². The van der Waals surface area contributed by atoms with Gasteiger partial charge in [-0.1, -0.05) is 0 Å². The number of carbonyl (C=O) groups excluding carboxylic acids is 1. The molecular weight excluding hydrogens is 271 g/mol. The second kappa shape index (κ2) is 5.57. The first kappa shape index (κ1) is 13.8. The van der Waals surface area contributed by atoms with Crippen molar-refractivity contribution in [2.24, 2.45) is 0 Å². The van der Waals surface area contributed by atoms with Gasteiger partial charge in [-0.05, 0) is 32.0 Å². The van der Waals surface area contributed by atoms with Crippen LogP contribution in [0.4, 0.5) is 4.39 Å². The maximum atomic E-state index is 13.4. The Bertz CT molecular complexity index is 612. The van der Waals surface area contributed by atoms with Crippen molar-refractivity contribution < 1.29 is 13.9 Å². The fourth-order valence-corrected chi connectivity index (χ4v) is 2.20. The predicted octanol–water partition coefficient (Wildman–Crippen LogP) is 3.04. The smallest absolute Gasteiger partial charge is 0.328 e. The summed E-state index contributed by atoms with van der Waals surface area (Å²) in [6.07, 6.45) is 0. The van der Waals surface area contributed by atoms with Crippen LogP contribution in [-0.2, 0) is 15.4 Å². The molecule has 0 bridgehead atoms. The zero-order valence-electron chi connectivity index (χ0n) is 10.7. The van der Waals surface area contributed by atoms with Gasteiger partial charge in [0.1, 0.15) is 17.7 Å². The van der Waals surface area contributed by atoms with Crippen molar-refractivity contribution in [3.05, 3.63) is 29.8 Å². The van der Waals surface area contributed by atoms with E-state index in [0.29, 0.717) is 23.5 Å². The lowest BCUT2D eigenvalue weighted by Crippen LogP contribution is -2.20. The molecule has 6 heteroatoms. The average molecular weight is 285 g/mol. The summed E-state index contributed by atoms with van der Waals surface area (Å²) in [5.74, 6) is -0.119. The monoisotopic (exact) mass is 284 g/mol. The van der Waals surface area contributed by atoms with Crippen LogP contribution in [-0.4, -0.2) is 22.1 Å². The molecule has 2 aromatic rings. The first-order valence-electron chi connectivity index (χ1n) is 5.97. The van der Waals surface area contributed by atoms with E-state index in [1.165, 1.54) is 12.1 Å². The Hall–Kier alpha value is -1.62. The molecule has 0 aliphatic carbocycles. The Morgan fingerprint density at radius 2 is 2.32 bits per heavy atom. The zero-order valence-corrected chi connectivity index (χ0v) is 11.4. The van der Waals surface area contributed by atoms with Crippen LogP contribution in [0.5, 0.6) is 0 Å². The Morgan fingerprint density at radius 3 is 2.95 bits per heavy atom. The van der Waals surface area contributed by atoms with E-state index in [0.717, 1.165) is 0 Å². The van der Waals surface area contributed by atoms with E-state index in [1.54, 1.807) is 24.5 Å². The number of ether oxygens (including phenoxy) is 1. The predicted molar refractivity (Wildman–Crippen MR) is 70.6 cm³/mol. The van der Waals surface area contributed by atoms with Gasteiger partial charge in [-0.25, -0.2) is 14.2 Å². The summed E-state index contributed by atoms with van der Waals surface area (Å²) in [5, 5.41) is 0. The maximum Gasteiger partial charge on any atom is 0.328 e. The summed E-state index contributed by atoms with van der Waals surface area (Å²) in [6, 6.07) is 3.64. The van der Waals surface area contributed by atoms with Gasteiger partial charge in [0.25, 0.3) is 0 Å². The van der Waals surface area contributed by atoms with Crippen molar-refractivity contribution in [1.82, 2.24) is 9.55 Å². The fraction of sp³-hybridized carbons (Fsp3) is 0.385. The topological polar surface area (TPSA) is 44.1 Å². The Morgan fingerprint density at radius 1 is 1.58 bits per heavy atom. The fourth-order valence-electron chi connectivity index (χ4n) is 2.01. The summed E-state index contributed by atoms with van der Waals surface area (Å²) in [4.78, 5) is 16.1. The van der Waals surface area contributed by atoms with E-state index in [2.05, 4.69) is 4.98 Å². The lowest BCUT2D eigenvalue weighted by molar-refractivity contribution is -0.146. The highest BCUT2D eigenvalue weighted by molar-refractivity contribution is 6.16. The molecule has 0 spiro atoms. The SMILES string of the molecule is CCOC(=O)C(C)n1c(CCl)nc2ccc(F)cc21. The number of rotatable bonds is 4. The molecule has 0 N–H and O–H groups in total. The summed E-state index contributed by atoms with van der Waals surface area (Å²) < 4.78 is 19.9. The molecule has 1 aromatic carbocycles. The van der Waals surface area contributed by atoms with Crippen LogP contribution in [0, 0.1) is 5.82 Å². The minimum absolute atomic E-state index is 0.139. The number of hydrogen-bond acceptors (Lipinski definition) is 3. The van der Waals surface area contributed by atoms with Crippen LogP contribution in [0.15, 0.2) is 18.2 Å². The number of carbonyl (C=O) groups is 1. The van der Waals surface area contributed by atoms with Crippen LogP contribution in [0.2, 0.25) is 0 Å². The third kappa shape index (κ3) is 2.56. The van der Waals surface area contributed by atoms with Gasteiger partial charge in [0, 0.05) is 0 Å². The van der Waals surface area contributed by atoms with Crippen molar-refractivity contribution in [3.63, 3.8) is 0 Å². The molecule has 102 valence electrons. The molecule has 0 radical (unpaired) electrons. The van der Waals surface area contributed by atoms with Gasteiger partial charge >= 0.3 is 5.97 Å². The lowest BCUT2D eigenvalue weighted by atomic mass is 10.2. The van der Waals surface area contributed by atoms with Crippen molar-refractivity contribution in [2.45, 2.75) is 25.8 Å². The molecule has 0 saturated heterocycles. The van der Waals surface area contributed by atoms with E-state index >= 15 is 0 Å². The van der Waals surface area contributed by atoms with Gasteiger partial charge in [-0.15, -0.1) is 11.6 Å². The standard InChI is InChI=1S/C13H14ClFN2O2/c1-3-19-13(18)8(2)17-11-6-9(15)4-5-10(11)16-12(17)7-14/h4-6,8H,3,7H2,1-2H3. The maximum absolute atomic E-state index is 13.4. The second-order valence-electron chi connectivity index (χ2n) is 4.09. The molecule has 2 rings (SSSR count). The average Bonchev–Trinajstić information content (AvgIpc) is 2.75. The molecule has 0 aliphatic rings. The number of imidazole rings is 1. The first-order valence-corrected chi connectivity index (χ1v) is 6.51. The molecule has 1 atom stereocenters. The molecule has 19 heavy (non-hydrogen) atoms. The van der Waals surface area contributed by atoms with Crippen LogP contribution in [0.1, 0.15) is 25.7 Å². The van der Waals surface area contributed by atoms with Gasteiger partial charge in [0.05, 0.1) is 23.5 Å². The van der Waals surface area contributed by atoms with E-state index < -0.39 is 12.0 Å². The summed E-state index contributed by atoms with van der Waals surface area (Å²) in [7, 11) is 0. The summed E-state index contributed by atoms with van der Waals surface area (Å²) in [5.41, 5.74) is 1.14. The number of alkyl halides is 1. The third-order valence-corrected chi connectivity index (χ3v) is 3.10. The van der Waals surface area contributed by atoms with Crippen LogP contribution in [0.3, 0.4) is 0 Å². The summed E-state index contributed by atoms with van der Waals surface area (Å²) >= 11 is 5.84. The zero-order chi connectivity index (χ0) is 14.0. The quantitative estimate of drug-likeness (QED) is 0.640. The van der Waals surface area contributed by atoms with Gasteiger partial charge in [-0.3, -0.25) is 0 Å². The minimum atomic E-state index is -0.597. The van der Waals surface area contributed by atoms with Gasteiger partial charge in [0.15, 0.2) is 0 Å². The third-order valence-electron chi connectivity index (χ3n) is 2.86. The highest BCUT2D eigenvalue weighted by Crippen LogP contribution is 2.24. The number of halogens is 2. The van der Waals surface area contributed by atoms with E-state index in [1.807, 2.05) is 0 Å². The molecule has 0 fully saturated rings. The molecule has 1 aromatic heterocycles. The van der Waals surface area contributed by atoms with Crippen LogP contribution in [0.25, 0.3) is 11.0 Å². The lowest BCUT2D eigenvalue weighted by Gasteiger charge is -2.15. The number of hydrogen-bond donors (Lipinski definition) is 0. The highest BCUT2D eigenvalue weighted by atomic mass is 35.5. The number of nitrogens with zero attached hydrogens (tertiary/aromatic N) is 2. The summed E-state index contributed by atoms with van der Waals surface area (Å²) in [6.45, 7) is 3.71. The minimum Gasteiger partial charge on any atom is -0.464 e. The van der Waals surface area contributed by atoms with Gasteiger partial charge in [0.2, 0.25) is 0 Å². The normalized spacial score (nSPS) is 12.6. The molecule has 0 amide bonds. The van der Waals surface area contributed by atoms with Crippen LogP contribution >= 0.6 is 11.6 Å². The Balaban J connectivity index is 2.56. The number of aromatic nitrogens is 2. The molecule has 1 heterocycles. The molecule has 4 nitrogen and oxygen atoms in total. The van der Waals surface area contributed by atoms with Crippen molar-refractivity contribution >= 4 is 28.6 Å². The largest absolute Gasteiger partial charge is 0.464 e. The number of esters is 1. The Kier molecular flexibility index (Phi) is 4.04. The van der Waals surface area contributed by atoms with Crippen molar-refractivity contribution in [2.75, 3.05) is 6.61 Å². The molecule has 0 saturated carbocycles. The van der Waals surface area contributed by atoms with Crippen molar-refractivity contribution in [3.8, 4) is 0 Å². The van der Waals surface area contributed by atoms with Gasteiger partial charge < -0.3 is 9.30 Å². The van der Waals surface area contributed by atoms with Crippen LogP contribution < -0.4 is 0 Å². The van der Waals surface area contributed by atoms with Gasteiger partial charge in [-0.2, -0.15) is 0 Å². The van der Waals surface area contributed by atoms with E-state index in [4.69, 9.17) is 16.3 Å². The number of fused-ring (bicyclic) bond motifs is 1. The first-order chi connectivity index (χ1) is 9.08. The Labute approximate surface area is 115 Å². The van der Waals surface area contributed by atoms with Crippen molar-refractivity contribution in [1.29, 1.82) is 0 Å². The van der Waals surface area contributed by atoms with E-state index in [9.17, 15) is 9.18 Å². The molecule has 1 unspecified atom stereocenters. The molecular formula is C13H14ClFN2O2. The second-order valence-corrected chi connectivity index (χ2v) is 4.36. The number of benzene rings is 1. The molecule has 0 aliphatic heterocycles. The highest BCUT2D eigenvalue weighted by Gasteiger charge is 2.22.